The molecule has 2 heterocycles. The number of primary amides is 1. The molecule has 1 aliphatic heterocycles. The van der Waals surface area contributed by atoms with Crippen molar-refractivity contribution in [2.24, 2.45) is 11.7 Å². The van der Waals surface area contributed by atoms with Crippen molar-refractivity contribution < 1.29 is 19.1 Å². The van der Waals surface area contributed by atoms with Gasteiger partial charge in [0.2, 0.25) is 6.79 Å². The Hall–Kier alpha value is -2.65. The van der Waals surface area contributed by atoms with Crippen LogP contribution in [0.3, 0.4) is 0 Å². The van der Waals surface area contributed by atoms with Crippen molar-refractivity contribution >= 4 is 45.5 Å². The molecule has 1 atom stereocenters. The summed E-state index contributed by atoms with van der Waals surface area (Å²) in [5, 5.41) is 6.30. The second kappa shape index (κ2) is 7.40. The maximum atomic E-state index is 12.5. The van der Waals surface area contributed by atoms with Gasteiger partial charge in [-0.1, -0.05) is 6.92 Å². The lowest BCUT2D eigenvalue weighted by Gasteiger charge is -2.18. The van der Waals surface area contributed by atoms with Gasteiger partial charge in [0, 0.05) is 10.4 Å². The van der Waals surface area contributed by atoms with Crippen LogP contribution >= 0.6 is 23.6 Å². The monoisotopic (exact) mass is 417 g/mol. The van der Waals surface area contributed by atoms with Crippen molar-refractivity contribution in [1.29, 1.82) is 0 Å². The van der Waals surface area contributed by atoms with Crippen molar-refractivity contribution in [3.63, 3.8) is 0 Å². The van der Waals surface area contributed by atoms with E-state index in [9.17, 15) is 9.59 Å². The predicted molar refractivity (Wildman–Crippen MR) is 110 cm³/mol. The highest BCUT2D eigenvalue weighted by molar-refractivity contribution is 7.80. The lowest BCUT2D eigenvalue weighted by molar-refractivity contribution is 0.0975. The van der Waals surface area contributed by atoms with Crippen LogP contribution in [-0.2, 0) is 12.8 Å². The largest absolute Gasteiger partial charge is 0.454 e. The van der Waals surface area contributed by atoms with Gasteiger partial charge in [0.25, 0.3) is 11.8 Å². The third-order valence-electron chi connectivity index (χ3n) is 4.85. The third kappa shape index (κ3) is 3.55. The van der Waals surface area contributed by atoms with E-state index in [0.29, 0.717) is 33.5 Å². The summed E-state index contributed by atoms with van der Waals surface area (Å²) in [4.78, 5) is 25.6. The fraction of sp³-hybridized carbons (Fsp3) is 0.316. The highest BCUT2D eigenvalue weighted by atomic mass is 32.1. The van der Waals surface area contributed by atoms with Crippen LogP contribution in [0.1, 0.15) is 44.5 Å². The molecule has 0 bridgehead atoms. The Morgan fingerprint density at radius 1 is 1.29 bits per heavy atom. The summed E-state index contributed by atoms with van der Waals surface area (Å²) >= 11 is 6.75. The fourth-order valence-electron chi connectivity index (χ4n) is 3.45. The highest BCUT2D eigenvalue weighted by Gasteiger charge is 2.27. The van der Waals surface area contributed by atoms with E-state index >= 15 is 0 Å². The second-order valence-corrected chi connectivity index (χ2v) is 8.41. The van der Waals surface area contributed by atoms with E-state index in [2.05, 4.69) is 17.6 Å². The minimum Gasteiger partial charge on any atom is -0.454 e. The Morgan fingerprint density at radius 3 is 2.86 bits per heavy atom. The maximum absolute atomic E-state index is 12.5. The Kier molecular flexibility index (Phi) is 4.94. The molecule has 0 saturated heterocycles. The van der Waals surface area contributed by atoms with Gasteiger partial charge in [0.1, 0.15) is 5.00 Å². The van der Waals surface area contributed by atoms with Crippen LogP contribution in [0.4, 0.5) is 5.00 Å². The van der Waals surface area contributed by atoms with Crippen LogP contribution in [0.5, 0.6) is 11.5 Å². The third-order valence-corrected chi connectivity index (χ3v) is 6.22. The molecule has 28 heavy (non-hydrogen) atoms. The Morgan fingerprint density at radius 2 is 2.07 bits per heavy atom. The first-order chi connectivity index (χ1) is 13.4. The van der Waals surface area contributed by atoms with E-state index in [1.165, 1.54) is 11.3 Å². The zero-order valence-electron chi connectivity index (χ0n) is 15.2. The molecule has 0 saturated carbocycles. The normalized spacial score (nSPS) is 17.0. The quantitative estimate of drug-likeness (QED) is 0.664. The van der Waals surface area contributed by atoms with E-state index in [1.807, 2.05) is 0 Å². The molecule has 4 rings (SSSR count). The Labute approximate surface area is 171 Å². The zero-order chi connectivity index (χ0) is 19.8. The molecule has 7 nitrogen and oxygen atoms in total. The van der Waals surface area contributed by atoms with Crippen molar-refractivity contribution in [2.75, 3.05) is 12.1 Å². The maximum Gasteiger partial charge on any atom is 0.257 e. The molecule has 0 radical (unpaired) electrons. The second-order valence-electron chi connectivity index (χ2n) is 6.90. The van der Waals surface area contributed by atoms with Gasteiger partial charge in [-0.3, -0.25) is 14.9 Å². The van der Waals surface area contributed by atoms with Gasteiger partial charge < -0.3 is 20.5 Å². The summed E-state index contributed by atoms with van der Waals surface area (Å²) in [5.41, 5.74) is 7.48. The number of ether oxygens (including phenoxy) is 2. The smallest absolute Gasteiger partial charge is 0.257 e. The number of thiocarbonyl (C=S) groups is 1. The predicted octanol–water partition coefficient (Wildman–Crippen LogP) is 2.83. The molecule has 2 aromatic rings. The standard InChI is InChI=1S/C19H19N3O4S2/c1-9-2-4-11-14(6-9)28-18(15(11)16(20)23)22-19(27)21-17(24)10-3-5-12-13(7-10)26-8-25-12/h3,5,7,9H,2,4,6,8H2,1H3,(H2,20,23)(H2,21,22,24,27). The van der Waals surface area contributed by atoms with Gasteiger partial charge in [-0.2, -0.15) is 0 Å². The minimum absolute atomic E-state index is 0.108. The molecule has 4 N–H and O–H groups in total. The molecule has 0 fully saturated rings. The first kappa shape index (κ1) is 18.7. The van der Waals surface area contributed by atoms with Crippen LogP contribution in [0.2, 0.25) is 0 Å². The molecule has 1 aromatic carbocycles. The number of nitrogens with two attached hydrogens (primary N) is 1. The van der Waals surface area contributed by atoms with Gasteiger partial charge >= 0.3 is 0 Å². The first-order valence-electron chi connectivity index (χ1n) is 8.88. The molecule has 0 spiro atoms. The van der Waals surface area contributed by atoms with Gasteiger partial charge in [0.05, 0.1) is 5.56 Å². The molecule has 1 aliphatic carbocycles. The molecular weight excluding hydrogens is 398 g/mol. The number of nitrogens with one attached hydrogen (secondary N) is 2. The van der Waals surface area contributed by atoms with Crippen molar-refractivity contribution in [3.05, 3.63) is 39.8 Å². The topological polar surface area (TPSA) is 103 Å². The van der Waals surface area contributed by atoms with Crippen molar-refractivity contribution in [1.82, 2.24) is 5.32 Å². The van der Waals surface area contributed by atoms with Crippen LogP contribution in [0.15, 0.2) is 18.2 Å². The molecule has 1 aromatic heterocycles. The molecule has 1 unspecified atom stereocenters. The average molecular weight is 418 g/mol. The molecule has 2 amide bonds. The van der Waals surface area contributed by atoms with Crippen molar-refractivity contribution in [2.45, 2.75) is 26.2 Å². The first-order valence-corrected chi connectivity index (χ1v) is 10.1. The van der Waals surface area contributed by atoms with Crippen LogP contribution < -0.4 is 25.8 Å². The number of anilines is 1. The number of hydrogen-bond donors (Lipinski definition) is 3. The molecule has 2 aliphatic rings. The lowest BCUT2D eigenvalue weighted by atomic mass is 9.88. The number of hydrogen-bond acceptors (Lipinski definition) is 6. The van der Waals surface area contributed by atoms with E-state index < -0.39 is 5.91 Å². The molecular formula is C19H19N3O4S2. The summed E-state index contributed by atoms with van der Waals surface area (Å²) < 4.78 is 10.5. The number of carbonyl (C=O) groups excluding carboxylic acids is 2. The van der Waals surface area contributed by atoms with E-state index in [4.69, 9.17) is 27.4 Å². The summed E-state index contributed by atoms with van der Waals surface area (Å²) in [6, 6.07) is 4.90. The number of benzene rings is 1. The minimum atomic E-state index is -0.487. The molecule has 146 valence electrons. The number of amides is 2. The Balaban J connectivity index is 1.49. The van der Waals surface area contributed by atoms with Gasteiger partial charge in [-0.25, -0.2) is 0 Å². The summed E-state index contributed by atoms with van der Waals surface area (Å²) in [6.07, 6.45) is 2.76. The Bertz CT molecular complexity index is 986. The SMILES string of the molecule is CC1CCc2c(sc(NC(=S)NC(=O)c3ccc4c(c3)OCO4)c2C(N)=O)C1. The van der Waals surface area contributed by atoms with Crippen molar-refractivity contribution in [3.8, 4) is 11.5 Å². The van der Waals surface area contributed by atoms with E-state index in [-0.39, 0.29) is 17.8 Å². The summed E-state index contributed by atoms with van der Waals surface area (Å²) in [6.45, 7) is 2.33. The average Bonchev–Trinajstić information content (AvgIpc) is 3.24. The zero-order valence-corrected chi connectivity index (χ0v) is 16.8. The van der Waals surface area contributed by atoms with Gasteiger partial charge in [-0.15, -0.1) is 11.3 Å². The number of carbonyl (C=O) groups is 2. The number of fused-ring (bicyclic) bond motifs is 2. The van der Waals surface area contributed by atoms with Crippen LogP contribution in [0, 0.1) is 5.92 Å². The van der Waals surface area contributed by atoms with E-state index in [0.717, 1.165) is 29.7 Å². The highest BCUT2D eigenvalue weighted by Crippen LogP contribution is 2.39. The number of rotatable bonds is 3. The van der Waals surface area contributed by atoms with Gasteiger partial charge in [0.15, 0.2) is 16.6 Å². The molecule has 9 heteroatoms. The number of thiophene rings is 1. The summed E-state index contributed by atoms with van der Waals surface area (Å²) in [5.74, 6) is 0.813. The van der Waals surface area contributed by atoms with Crippen LogP contribution in [-0.4, -0.2) is 23.7 Å². The fourth-order valence-corrected chi connectivity index (χ4v) is 5.13. The lowest BCUT2D eigenvalue weighted by Crippen LogP contribution is -2.34. The van der Waals surface area contributed by atoms with E-state index in [1.54, 1.807) is 18.2 Å². The van der Waals surface area contributed by atoms with Gasteiger partial charge in [-0.05, 0) is 61.2 Å². The summed E-state index contributed by atoms with van der Waals surface area (Å²) in [7, 11) is 0. The van der Waals surface area contributed by atoms with Crippen LogP contribution in [0.25, 0.3) is 0 Å².